The van der Waals surface area contributed by atoms with E-state index < -0.39 is 0 Å². The summed E-state index contributed by atoms with van der Waals surface area (Å²) in [5, 5.41) is 4.16. The lowest BCUT2D eigenvalue weighted by Crippen LogP contribution is -2.43. The summed E-state index contributed by atoms with van der Waals surface area (Å²) in [5.41, 5.74) is 0.540. The summed E-state index contributed by atoms with van der Waals surface area (Å²) in [6.45, 7) is 2.73. The van der Waals surface area contributed by atoms with Gasteiger partial charge in [0.25, 0.3) is 5.91 Å². The molecule has 1 aliphatic heterocycles. The van der Waals surface area contributed by atoms with Gasteiger partial charge in [-0.3, -0.25) is 4.79 Å². The Labute approximate surface area is 87.9 Å². The highest BCUT2D eigenvalue weighted by atomic mass is 19.1. The number of rotatable bonds is 1. The number of carbonyl (C=O) groups excluding carboxylic acids is 1. The molecule has 0 atom stereocenters. The number of carbonyl (C=O) groups is 1. The molecule has 1 fully saturated rings. The highest BCUT2D eigenvalue weighted by Gasteiger charge is 2.17. The molecule has 0 saturated carbocycles. The summed E-state index contributed by atoms with van der Waals surface area (Å²) in [5.74, 6) is -0.356. The summed E-state index contributed by atoms with van der Waals surface area (Å²) in [4.78, 5) is 13.6. The average molecular weight is 207 g/mol. The van der Waals surface area contributed by atoms with Gasteiger partial charge in [0.2, 0.25) is 0 Å². The second kappa shape index (κ2) is 4.40. The molecule has 4 heteroatoms. The number of hydrogen-bond donors (Lipinski definition) is 0. The van der Waals surface area contributed by atoms with Crippen LogP contribution in [0.4, 0.5) is 4.39 Å². The predicted molar refractivity (Wildman–Crippen MR) is 54.2 cm³/mol. The van der Waals surface area contributed by atoms with Crippen molar-refractivity contribution in [1.82, 2.24) is 10.2 Å². The first-order chi connectivity index (χ1) is 7.27. The van der Waals surface area contributed by atoms with Crippen molar-refractivity contribution in [3.63, 3.8) is 0 Å². The van der Waals surface area contributed by atoms with Crippen LogP contribution in [0.3, 0.4) is 0 Å². The van der Waals surface area contributed by atoms with E-state index in [0.717, 1.165) is 0 Å². The third-order valence-electron chi connectivity index (χ3n) is 2.43. The molecule has 1 amide bonds. The van der Waals surface area contributed by atoms with Crippen LogP contribution in [0.15, 0.2) is 24.3 Å². The Morgan fingerprint density at radius 1 is 1.20 bits per heavy atom. The Morgan fingerprint density at radius 3 is 2.40 bits per heavy atom. The van der Waals surface area contributed by atoms with Crippen LogP contribution in [0.2, 0.25) is 0 Å². The van der Waals surface area contributed by atoms with Crippen molar-refractivity contribution in [2.24, 2.45) is 0 Å². The van der Waals surface area contributed by atoms with Crippen LogP contribution in [0.1, 0.15) is 10.4 Å². The average Bonchev–Trinajstić information content (AvgIpc) is 2.30. The van der Waals surface area contributed by atoms with Crippen molar-refractivity contribution in [1.29, 1.82) is 0 Å². The smallest absolute Gasteiger partial charge is 0.253 e. The fourth-order valence-electron chi connectivity index (χ4n) is 1.58. The molecule has 1 saturated heterocycles. The van der Waals surface area contributed by atoms with Gasteiger partial charge in [-0.25, -0.2) is 9.71 Å². The van der Waals surface area contributed by atoms with Crippen molar-refractivity contribution < 1.29 is 9.18 Å². The highest BCUT2D eigenvalue weighted by molar-refractivity contribution is 5.94. The zero-order valence-electron chi connectivity index (χ0n) is 8.32. The lowest BCUT2D eigenvalue weighted by Gasteiger charge is -2.26. The first kappa shape index (κ1) is 10.1. The van der Waals surface area contributed by atoms with E-state index in [2.05, 4.69) is 5.32 Å². The van der Waals surface area contributed by atoms with E-state index in [0.29, 0.717) is 31.7 Å². The van der Waals surface area contributed by atoms with Crippen LogP contribution < -0.4 is 5.32 Å². The summed E-state index contributed by atoms with van der Waals surface area (Å²) in [7, 11) is 0. The van der Waals surface area contributed by atoms with Crippen LogP contribution in [-0.4, -0.2) is 37.0 Å². The third kappa shape index (κ3) is 2.33. The normalized spacial score (nSPS) is 16.5. The van der Waals surface area contributed by atoms with E-state index >= 15 is 0 Å². The first-order valence-corrected chi connectivity index (χ1v) is 4.95. The van der Waals surface area contributed by atoms with Gasteiger partial charge in [-0.15, -0.1) is 0 Å². The summed E-state index contributed by atoms with van der Waals surface area (Å²) < 4.78 is 12.7. The van der Waals surface area contributed by atoms with E-state index in [9.17, 15) is 9.18 Å². The van der Waals surface area contributed by atoms with Crippen LogP contribution in [0.5, 0.6) is 0 Å². The minimum Gasteiger partial charge on any atom is -0.336 e. The zero-order valence-corrected chi connectivity index (χ0v) is 8.32. The molecule has 79 valence electrons. The van der Waals surface area contributed by atoms with Crippen molar-refractivity contribution in [3.05, 3.63) is 35.6 Å². The largest absolute Gasteiger partial charge is 0.336 e. The van der Waals surface area contributed by atoms with E-state index in [1.807, 2.05) is 0 Å². The number of hydrogen-bond acceptors (Lipinski definition) is 1. The van der Waals surface area contributed by atoms with Gasteiger partial charge < -0.3 is 4.90 Å². The Hall–Kier alpha value is -1.42. The van der Waals surface area contributed by atoms with E-state index in [1.165, 1.54) is 24.3 Å². The lowest BCUT2D eigenvalue weighted by molar-refractivity contribution is 0.0734. The van der Waals surface area contributed by atoms with Crippen molar-refractivity contribution in [2.45, 2.75) is 0 Å². The molecule has 0 N–H and O–H groups in total. The molecular formula is C11H12FN2O. The standard InChI is InChI=1S/C11H12FN2O/c12-10-3-1-9(2-4-10)11(15)14-7-5-13-6-8-14/h1-4H,5-8H2. The maximum atomic E-state index is 12.7. The Kier molecular flexibility index (Phi) is 2.97. The van der Waals surface area contributed by atoms with Crippen LogP contribution >= 0.6 is 0 Å². The number of nitrogens with zero attached hydrogens (tertiary/aromatic N) is 2. The van der Waals surface area contributed by atoms with Crippen molar-refractivity contribution >= 4 is 5.91 Å². The van der Waals surface area contributed by atoms with Gasteiger partial charge in [0.1, 0.15) is 5.82 Å². The van der Waals surface area contributed by atoms with Crippen LogP contribution in [0.25, 0.3) is 0 Å². The lowest BCUT2D eigenvalue weighted by atomic mass is 10.2. The molecule has 1 aromatic carbocycles. The van der Waals surface area contributed by atoms with Gasteiger partial charge in [-0.05, 0) is 24.3 Å². The van der Waals surface area contributed by atoms with Crippen LogP contribution in [0, 0.1) is 5.82 Å². The van der Waals surface area contributed by atoms with E-state index in [1.54, 1.807) is 4.90 Å². The maximum Gasteiger partial charge on any atom is 0.253 e. The minimum absolute atomic E-state index is 0.0371. The summed E-state index contributed by atoms with van der Waals surface area (Å²) in [6, 6.07) is 5.65. The fourth-order valence-corrected chi connectivity index (χ4v) is 1.58. The molecular weight excluding hydrogens is 195 g/mol. The quantitative estimate of drug-likeness (QED) is 0.673. The maximum absolute atomic E-state index is 12.7. The first-order valence-electron chi connectivity index (χ1n) is 4.95. The van der Waals surface area contributed by atoms with Crippen molar-refractivity contribution in [3.8, 4) is 0 Å². The van der Waals surface area contributed by atoms with Gasteiger partial charge >= 0.3 is 0 Å². The third-order valence-corrected chi connectivity index (χ3v) is 2.43. The monoisotopic (exact) mass is 207 g/mol. The molecule has 3 nitrogen and oxygen atoms in total. The van der Waals surface area contributed by atoms with Crippen molar-refractivity contribution in [2.75, 3.05) is 26.2 Å². The molecule has 1 heterocycles. The summed E-state index contributed by atoms with van der Waals surface area (Å²) >= 11 is 0. The number of benzene rings is 1. The molecule has 0 bridgehead atoms. The second-order valence-corrected chi connectivity index (χ2v) is 3.47. The van der Waals surface area contributed by atoms with E-state index in [-0.39, 0.29) is 11.7 Å². The molecule has 0 aliphatic carbocycles. The minimum atomic E-state index is -0.319. The molecule has 0 aromatic heterocycles. The number of halogens is 1. The van der Waals surface area contributed by atoms with E-state index in [4.69, 9.17) is 0 Å². The molecule has 2 rings (SSSR count). The SMILES string of the molecule is O=C(c1ccc(F)cc1)N1CC[N]CC1. The Balaban J connectivity index is 2.09. The Morgan fingerprint density at radius 2 is 1.80 bits per heavy atom. The number of piperazine rings is 1. The highest BCUT2D eigenvalue weighted by Crippen LogP contribution is 2.07. The number of amides is 1. The predicted octanol–water partition coefficient (Wildman–Crippen LogP) is 0.886. The fraction of sp³-hybridized carbons (Fsp3) is 0.364. The zero-order chi connectivity index (χ0) is 10.7. The molecule has 0 unspecified atom stereocenters. The molecule has 1 aliphatic rings. The molecule has 1 radical (unpaired) electrons. The molecule has 15 heavy (non-hydrogen) atoms. The van der Waals surface area contributed by atoms with Gasteiger partial charge in [-0.1, -0.05) is 0 Å². The topological polar surface area (TPSA) is 34.4 Å². The van der Waals surface area contributed by atoms with Crippen LogP contribution in [-0.2, 0) is 0 Å². The molecule has 0 spiro atoms. The second-order valence-electron chi connectivity index (χ2n) is 3.47. The van der Waals surface area contributed by atoms with Gasteiger partial charge in [0.05, 0.1) is 0 Å². The summed E-state index contributed by atoms with van der Waals surface area (Å²) in [6.07, 6.45) is 0. The van der Waals surface area contributed by atoms with Gasteiger partial charge in [0.15, 0.2) is 0 Å². The Bertz CT molecular complexity index is 344. The van der Waals surface area contributed by atoms with Gasteiger partial charge in [0, 0.05) is 31.7 Å². The molecule has 1 aromatic rings. The van der Waals surface area contributed by atoms with Gasteiger partial charge in [-0.2, -0.15) is 0 Å².